The predicted molar refractivity (Wildman–Crippen MR) is 221 cm³/mol. The molecule has 0 radical (unpaired) electrons. The van der Waals surface area contributed by atoms with Crippen molar-refractivity contribution in [3.8, 4) is 22.5 Å². The van der Waals surface area contributed by atoms with Crippen LogP contribution in [0.25, 0.3) is 32.2 Å². The molecule has 11 nitrogen and oxygen atoms in total. The third kappa shape index (κ3) is 11.9. The van der Waals surface area contributed by atoms with Crippen molar-refractivity contribution in [2.45, 2.75) is 44.1 Å². The van der Waals surface area contributed by atoms with Crippen molar-refractivity contribution >= 4 is 58.4 Å². The fourth-order valence-electron chi connectivity index (χ4n) is 4.67. The number of aromatic nitrogens is 4. The number of carboxylic acid groups (broad SMARTS) is 2. The Morgan fingerprint density at radius 3 is 1.60 bits per heavy atom. The molecule has 0 spiro atoms. The molecule has 3 N–H and O–H groups in total. The fourth-order valence-corrected chi connectivity index (χ4v) is 6.53. The van der Waals surface area contributed by atoms with Gasteiger partial charge in [0.2, 0.25) is 5.69 Å². The second-order valence-corrected chi connectivity index (χ2v) is 12.9. The lowest BCUT2D eigenvalue weighted by Crippen LogP contribution is -2.09. The Kier molecular flexibility index (Phi) is 17.5. The highest BCUT2D eigenvalue weighted by Crippen LogP contribution is 2.36. The number of benzene rings is 4. The second-order valence-electron chi connectivity index (χ2n) is 10.6. The first-order valence-electron chi connectivity index (χ1n) is 15.1. The summed E-state index contributed by atoms with van der Waals surface area (Å²) in [7, 11) is 0. The SMILES string of the molecule is C.C.C.[C-]#[N+]c1c(-c2ccccc2)nc(SCc2cccc(C(=O)O)c2)[nH]c1=O.[C-]#[N+]c1c(Cl)nc(SCc2cccc(C(=O)O)c2)nc1-c1ccccc1. The maximum absolute atomic E-state index is 12.2. The lowest BCUT2D eigenvalue weighted by atomic mass is 10.1. The van der Waals surface area contributed by atoms with Crippen LogP contribution in [0.4, 0.5) is 11.4 Å². The first kappa shape index (κ1) is 44.9. The number of carboxylic acids is 2. The van der Waals surface area contributed by atoms with Crippen molar-refractivity contribution in [1.29, 1.82) is 0 Å². The van der Waals surface area contributed by atoms with E-state index in [1.807, 2.05) is 60.7 Å². The molecule has 0 saturated carbocycles. The van der Waals surface area contributed by atoms with Gasteiger partial charge in [0.1, 0.15) is 5.15 Å². The van der Waals surface area contributed by atoms with Gasteiger partial charge in [-0.2, -0.15) is 0 Å². The van der Waals surface area contributed by atoms with Crippen molar-refractivity contribution in [2.24, 2.45) is 0 Å². The van der Waals surface area contributed by atoms with Gasteiger partial charge in [0.15, 0.2) is 10.3 Å². The Bertz CT molecular complexity index is 2400. The Labute approximate surface area is 333 Å². The third-order valence-electron chi connectivity index (χ3n) is 7.10. The van der Waals surface area contributed by atoms with E-state index in [-0.39, 0.29) is 49.9 Å². The maximum atomic E-state index is 12.2. The van der Waals surface area contributed by atoms with Gasteiger partial charge >= 0.3 is 11.9 Å². The number of carbonyl (C=O) groups is 2. The first-order valence-corrected chi connectivity index (χ1v) is 17.5. The number of hydrogen-bond donors (Lipinski definition) is 3. The van der Waals surface area contributed by atoms with Gasteiger partial charge in [-0.3, -0.25) is 4.79 Å². The van der Waals surface area contributed by atoms with Crippen LogP contribution in [-0.4, -0.2) is 42.1 Å². The Hall–Kier alpha value is -6.25. The van der Waals surface area contributed by atoms with Crippen molar-refractivity contribution < 1.29 is 19.8 Å². The molecule has 0 saturated heterocycles. The molecule has 6 aromatic rings. The summed E-state index contributed by atoms with van der Waals surface area (Å²) in [6.07, 6.45) is 0. The highest BCUT2D eigenvalue weighted by atomic mass is 35.5. The number of aromatic amines is 1. The van der Waals surface area contributed by atoms with Gasteiger partial charge in [-0.15, -0.1) is 0 Å². The van der Waals surface area contributed by atoms with E-state index in [1.54, 1.807) is 42.5 Å². The summed E-state index contributed by atoms with van der Waals surface area (Å²) >= 11 is 8.78. The third-order valence-corrected chi connectivity index (χ3v) is 9.23. The number of aromatic carboxylic acids is 2. The molecule has 2 aromatic heterocycles. The molecule has 0 fully saturated rings. The number of nitrogens with one attached hydrogen (secondary N) is 1. The quantitative estimate of drug-likeness (QED) is 0.0528. The van der Waals surface area contributed by atoms with Gasteiger partial charge in [-0.05, 0) is 46.5 Å². The van der Waals surface area contributed by atoms with Crippen molar-refractivity contribution in [2.75, 3.05) is 0 Å². The average Bonchev–Trinajstić information content (AvgIpc) is 3.17. The summed E-state index contributed by atoms with van der Waals surface area (Å²) in [4.78, 5) is 56.8. The molecule has 55 heavy (non-hydrogen) atoms. The molecule has 0 aliphatic heterocycles. The molecule has 2 heterocycles. The molecule has 0 atom stereocenters. The maximum Gasteiger partial charge on any atom is 0.335 e. The summed E-state index contributed by atoms with van der Waals surface area (Å²) in [5.41, 5.74) is 4.07. The van der Waals surface area contributed by atoms with Crippen LogP contribution in [-0.2, 0) is 11.5 Å². The van der Waals surface area contributed by atoms with Crippen molar-refractivity contribution in [3.05, 3.63) is 170 Å². The molecular formula is C41H37ClN6O5S2. The lowest BCUT2D eigenvalue weighted by Gasteiger charge is -2.08. The molecule has 0 unspecified atom stereocenters. The molecule has 0 aliphatic rings. The number of hydrogen-bond acceptors (Lipinski definition) is 8. The molecule has 14 heteroatoms. The summed E-state index contributed by atoms with van der Waals surface area (Å²) in [6.45, 7) is 14.6. The number of halogens is 1. The lowest BCUT2D eigenvalue weighted by molar-refractivity contribution is 0.0686. The van der Waals surface area contributed by atoms with E-state index in [1.165, 1.54) is 29.6 Å². The molecule has 0 amide bonds. The number of nitrogens with zero attached hydrogens (tertiary/aromatic N) is 5. The monoisotopic (exact) mass is 792 g/mol. The van der Waals surface area contributed by atoms with Crippen LogP contribution in [0, 0.1) is 13.1 Å². The van der Waals surface area contributed by atoms with Gasteiger partial charge in [-0.25, -0.2) is 34.2 Å². The number of thioether (sulfide) groups is 2. The minimum absolute atomic E-state index is 0. The van der Waals surface area contributed by atoms with Crippen LogP contribution in [0.1, 0.15) is 54.1 Å². The zero-order chi connectivity index (χ0) is 37.0. The number of H-pyrrole nitrogens is 1. The summed E-state index contributed by atoms with van der Waals surface area (Å²) in [5.74, 6) is -1.03. The highest BCUT2D eigenvalue weighted by Gasteiger charge is 2.16. The Morgan fingerprint density at radius 1 is 0.655 bits per heavy atom. The predicted octanol–water partition coefficient (Wildman–Crippen LogP) is 11.2. The van der Waals surface area contributed by atoms with E-state index in [9.17, 15) is 14.4 Å². The first-order chi connectivity index (χ1) is 25.2. The van der Waals surface area contributed by atoms with Crippen LogP contribution in [0.15, 0.2) is 124 Å². The van der Waals surface area contributed by atoms with Crippen LogP contribution < -0.4 is 5.56 Å². The van der Waals surface area contributed by atoms with Crippen LogP contribution in [0.3, 0.4) is 0 Å². The molecule has 4 aromatic carbocycles. The smallest absolute Gasteiger partial charge is 0.335 e. The normalized spacial score (nSPS) is 9.73. The second kappa shape index (κ2) is 21.5. The zero-order valence-corrected chi connectivity index (χ0v) is 29.2. The molecule has 0 aliphatic carbocycles. The van der Waals surface area contributed by atoms with E-state index in [4.69, 9.17) is 35.0 Å². The van der Waals surface area contributed by atoms with Crippen LogP contribution in [0.5, 0.6) is 0 Å². The average molecular weight is 793 g/mol. The summed E-state index contributed by atoms with van der Waals surface area (Å²) < 4.78 is 0. The summed E-state index contributed by atoms with van der Waals surface area (Å²) in [6, 6.07) is 31.7. The van der Waals surface area contributed by atoms with Gasteiger partial charge in [0.05, 0.1) is 35.7 Å². The van der Waals surface area contributed by atoms with E-state index < -0.39 is 17.5 Å². The van der Waals surface area contributed by atoms with Crippen molar-refractivity contribution in [3.63, 3.8) is 0 Å². The Balaban J connectivity index is 0.000000360. The minimum atomic E-state index is -0.990. The van der Waals surface area contributed by atoms with E-state index in [0.29, 0.717) is 38.8 Å². The van der Waals surface area contributed by atoms with E-state index >= 15 is 0 Å². The van der Waals surface area contributed by atoms with Gasteiger partial charge in [0.25, 0.3) is 11.2 Å². The van der Waals surface area contributed by atoms with Gasteiger partial charge < -0.3 is 15.2 Å². The standard InChI is InChI=1S/C19H12ClN3O2S.C19H13N3O3S.3CH4/c1-21-16-15(13-7-3-2-4-8-13)22-19(23-17(16)20)26-11-12-6-5-9-14(10-12)18(24)25;1-20-16-15(13-7-3-2-4-8-13)21-19(22-17(16)23)26-11-12-6-5-9-14(10-12)18(24)25;;;/h2-10H,11H2,(H,24,25);2-10H,11H2,(H,24,25)(H,21,22,23);3*1H4. The van der Waals surface area contributed by atoms with E-state index in [0.717, 1.165) is 16.7 Å². The van der Waals surface area contributed by atoms with Crippen LogP contribution in [0.2, 0.25) is 5.15 Å². The highest BCUT2D eigenvalue weighted by molar-refractivity contribution is 7.98. The summed E-state index contributed by atoms with van der Waals surface area (Å²) in [5, 5.41) is 19.0. The Morgan fingerprint density at radius 2 is 1.13 bits per heavy atom. The van der Waals surface area contributed by atoms with Crippen molar-refractivity contribution in [1.82, 2.24) is 19.9 Å². The molecular weight excluding hydrogens is 756 g/mol. The fraction of sp³-hybridized carbons (Fsp3) is 0.122. The molecule has 0 bridgehead atoms. The zero-order valence-electron chi connectivity index (χ0n) is 26.9. The van der Waals surface area contributed by atoms with Gasteiger partial charge in [0, 0.05) is 11.5 Å². The topological polar surface area (TPSA) is 155 Å². The molecule has 6 rings (SSSR count). The van der Waals surface area contributed by atoms with Gasteiger partial charge in [-0.1, -0.05) is 142 Å². The van der Waals surface area contributed by atoms with Crippen LogP contribution >= 0.6 is 35.1 Å². The minimum Gasteiger partial charge on any atom is -0.478 e. The number of rotatable bonds is 10. The largest absolute Gasteiger partial charge is 0.478 e. The molecule has 280 valence electrons. The van der Waals surface area contributed by atoms with E-state index in [2.05, 4.69) is 29.6 Å².